The molecule has 2 aromatic rings. The summed E-state index contributed by atoms with van der Waals surface area (Å²) in [7, 11) is 3.26. The molecule has 0 spiro atoms. The first-order chi connectivity index (χ1) is 15.0. The average molecular weight is 432 g/mol. The van der Waals surface area contributed by atoms with E-state index in [1.165, 1.54) is 0 Å². The van der Waals surface area contributed by atoms with Crippen LogP contribution in [0, 0.1) is 5.92 Å². The zero-order valence-corrected chi connectivity index (χ0v) is 18.8. The van der Waals surface area contributed by atoms with Gasteiger partial charge in [0, 0.05) is 31.8 Å². The van der Waals surface area contributed by atoms with Crippen molar-refractivity contribution in [1.82, 2.24) is 4.90 Å². The minimum Gasteiger partial charge on any atom is -0.493 e. The highest BCUT2D eigenvalue weighted by atomic mass is 16.7. The molecule has 1 aliphatic heterocycles. The van der Waals surface area contributed by atoms with Crippen molar-refractivity contribution in [3.63, 3.8) is 0 Å². The van der Waals surface area contributed by atoms with Crippen LogP contribution < -0.4 is 18.9 Å². The Labute approximate surface area is 184 Å². The molecule has 0 amide bonds. The Morgan fingerprint density at radius 1 is 1.00 bits per heavy atom. The van der Waals surface area contributed by atoms with Gasteiger partial charge in [0.05, 0.1) is 26.9 Å². The molecule has 0 saturated carbocycles. The van der Waals surface area contributed by atoms with Gasteiger partial charge >= 0.3 is 0 Å². The summed E-state index contributed by atoms with van der Waals surface area (Å²) >= 11 is 0. The molecule has 1 N–H and O–H groups in total. The van der Waals surface area contributed by atoms with Gasteiger partial charge in [0.15, 0.2) is 23.0 Å². The Morgan fingerprint density at radius 2 is 1.81 bits per heavy atom. The SMILES string of the molecule is COc1cccc(CN(Cc2ccc3c(c2)OCO3)C[C@@H](O)COCC(C)C)c1OC. The number of hydrogen-bond acceptors (Lipinski definition) is 7. The fraction of sp³-hybridized carbons (Fsp3) is 0.500. The van der Waals surface area contributed by atoms with Crippen molar-refractivity contribution < 1.29 is 28.8 Å². The third-order valence-corrected chi connectivity index (χ3v) is 4.95. The lowest BCUT2D eigenvalue weighted by Gasteiger charge is -2.26. The smallest absolute Gasteiger partial charge is 0.231 e. The van der Waals surface area contributed by atoms with E-state index in [9.17, 15) is 5.11 Å². The summed E-state index contributed by atoms with van der Waals surface area (Å²) in [5.41, 5.74) is 2.05. The van der Waals surface area contributed by atoms with E-state index in [1.54, 1.807) is 14.2 Å². The van der Waals surface area contributed by atoms with Crippen LogP contribution in [0.4, 0.5) is 0 Å². The maximum Gasteiger partial charge on any atom is 0.231 e. The van der Waals surface area contributed by atoms with Crippen LogP contribution in [0.15, 0.2) is 36.4 Å². The number of aliphatic hydroxyl groups excluding tert-OH is 1. The predicted molar refractivity (Wildman–Crippen MR) is 118 cm³/mol. The van der Waals surface area contributed by atoms with E-state index in [-0.39, 0.29) is 6.79 Å². The molecule has 170 valence electrons. The second-order valence-corrected chi connectivity index (χ2v) is 8.10. The normalized spacial score (nSPS) is 13.6. The van der Waals surface area contributed by atoms with Crippen LogP contribution in [0.1, 0.15) is 25.0 Å². The molecule has 0 radical (unpaired) electrons. The van der Waals surface area contributed by atoms with Crippen molar-refractivity contribution in [2.24, 2.45) is 5.92 Å². The van der Waals surface area contributed by atoms with E-state index in [0.717, 1.165) is 22.6 Å². The van der Waals surface area contributed by atoms with Crippen LogP contribution >= 0.6 is 0 Å². The molecule has 0 unspecified atom stereocenters. The molecule has 2 aromatic carbocycles. The van der Waals surface area contributed by atoms with Gasteiger partial charge in [0.1, 0.15) is 0 Å². The van der Waals surface area contributed by atoms with Crippen molar-refractivity contribution in [3.05, 3.63) is 47.5 Å². The molecule has 1 aliphatic rings. The highest BCUT2D eigenvalue weighted by molar-refractivity contribution is 5.47. The fourth-order valence-corrected chi connectivity index (χ4v) is 3.59. The first kappa shape index (κ1) is 23.2. The summed E-state index contributed by atoms with van der Waals surface area (Å²) in [4.78, 5) is 2.16. The lowest BCUT2D eigenvalue weighted by molar-refractivity contribution is 0.00543. The first-order valence-corrected chi connectivity index (χ1v) is 10.6. The van der Waals surface area contributed by atoms with Gasteiger partial charge in [-0.25, -0.2) is 0 Å². The first-order valence-electron chi connectivity index (χ1n) is 10.6. The monoisotopic (exact) mass is 431 g/mol. The van der Waals surface area contributed by atoms with Gasteiger partial charge in [0.2, 0.25) is 6.79 Å². The number of aliphatic hydroxyl groups is 1. The molecule has 0 bridgehead atoms. The molecule has 0 saturated heterocycles. The molecule has 1 heterocycles. The zero-order valence-electron chi connectivity index (χ0n) is 18.8. The van der Waals surface area contributed by atoms with E-state index >= 15 is 0 Å². The summed E-state index contributed by atoms with van der Waals surface area (Å²) in [6, 6.07) is 11.8. The lowest BCUT2D eigenvalue weighted by atomic mass is 10.1. The topological polar surface area (TPSA) is 69.6 Å². The number of benzene rings is 2. The molecular weight excluding hydrogens is 398 g/mol. The summed E-state index contributed by atoms with van der Waals surface area (Å²) in [6.45, 7) is 7.01. The Morgan fingerprint density at radius 3 is 2.55 bits per heavy atom. The molecule has 7 nitrogen and oxygen atoms in total. The van der Waals surface area contributed by atoms with Gasteiger partial charge in [-0.15, -0.1) is 0 Å². The second-order valence-electron chi connectivity index (χ2n) is 8.10. The van der Waals surface area contributed by atoms with Gasteiger partial charge in [-0.3, -0.25) is 4.90 Å². The Kier molecular flexibility index (Phi) is 8.40. The van der Waals surface area contributed by atoms with Gasteiger partial charge in [0.25, 0.3) is 0 Å². The third-order valence-electron chi connectivity index (χ3n) is 4.95. The van der Waals surface area contributed by atoms with Crippen LogP contribution in [0.2, 0.25) is 0 Å². The van der Waals surface area contributed by atoms with Crippen molar-refractivity contribution in [3.8, 4) is 23.0 Å². The van der Waals surface area contributed by atoms with Crippen LogP contribution in [0.5, 0.6) is 23.0 Å². The minimum atomic E-state index is -0.607. The maximum atomic E-state index is 10.6. The van der Waals surface area contributed by atoms with Crippen LogP contribution in [-0.2, 0) is 17.8 Å². The molecule has 31 heavy (non-hydrogen) atoms. The van der Waals surface area contributed by atoms with E-state index in [0.29, 0.717) is 50.3 Å². The summed E-state index contributed by atoms with van der Waals surface area (Å²) in [5, 5.41) is 10.6. The van der Waals surface area contributed by atoms with E-state index in [2.05, 4.69) is 18.7 Å². The van der Waals surface area contributed by atoms with Crippen LogP contribution in [0.3, 0.4) is 0 Å². The number of fused-ring (bicyclic) bond motifs is 1. The Balaban J connectivity index is 1.75. The van der Waals surface area contributed by atoms with E-state index < -0.39 is 6.10 Å². The number of hydrogen-bond donors (Lipinski definition) is 1. The number of ether oxygens (including phenoxy) is 5. The van der Waals surface area contributed by atoms with Crippen molar-refractivity contribution in [1.29, 1.82) is 0 Å². The molecule has 3 rings (SSSR count). The summed E-state index contributed by atoms with van der Waals surface area (Å²) in [6.07, 6.45) is -0.607. The summed E-state index contributed by atoms with van der Waals surface area (Å²) in [5.74, 6) is 3.32. The zero-order chi connectivity index (χ0) is 22.2. The van der Waals surface area contributed by atoms with Gasteiger partial charge in [-0.05, 0) is 29.7 Å². The van der Waals surface area contributed by atoms with Gasteiger partial charge in [-0.2, -0.15) is 0 Å². The molecular formula is C24H33NO6. The molecule has 0 aromatic heterocycles. The molecule has 0 fully saturated rings. The number of methoxy groups -OCH3 is 2. The standard InChI is InChI=1S/C24H33NO6/c1-17(2)14-29-15-20(26)13-25(11-18-8-9-21-23(10-18)31-16-30-21)12-19-6-5-7-22(27-3)24(19)28-4/h5-10,17,20,26H,11-16H2,1-4H3/t20-/m1/s1. The highest BCUT2D eigenvalue weighted by Gasteiger charge is 2.19. The van der Waals surface area contributed by atoms with Crippen molar-refractivity contribution >= 4 is 0 Å². The summed E-state index contributed by atoms with van der Waals surface area (Å²) < 4.78 is 27.6. The predicted octanol–water partition coefficient (Wildman–Crippen LogP) is 3.47. The lowest BCUT2D eigenvalue weighted by Crippen LogP contribution is -2.34. The van der Waals surface area contributed by atoms with Crippen molar-refractivity contribution in [2.45, 2.75) is 33.0 Å². The highest BCUT2D eigenvalue weighted by Crippen LogP contribution is 2.34. The van der Waals surface area contributed by atoms with Gasteiger partial charge < -0.3 is 28.8 Å². The number of para-hydroxylation sites is 1. The Bertz CT molecular complexity index is 841. The quantitative estimate of drug-likeness (QED) is 0.552. The maximum absolute atomic E-state index is 10.6. The molecule has 0 aliphatic carbocycles. The molecule has 7 heteroatoms. The largest absolute Gasteiger partial charge is 0.493 e. The second kappa shape index (κ2) is 11.2. The van der Waals surface area contributed by atoms with Crippen molar-refractivity contribution in [2.75, 3.05) is 40.8 Å². The number of rotatable bonds is 12. The molecule has 1 atom stereocenters. The average Bonchev–Trinajstić information content (AvgIpc) is 3.21. The number of nitrogens with zero attached hydrogens (tertiary/aromatic N) is 1. The third kappa shape index (κ3) is 6.50. The van der Waals surface area contributed by atoms with Gasteiger partial charge in [-0.1, -0.05) is 32.0 Å². The van der Waals surface area contributed by atoms with Crippen LogP contribution in [0.25, 0.3) is 0 Å². The van der Waals surface area contributed by atoms with E-state index in [4.69, 9.17) is 23.7 Å². The minimum absolute atomic E-state index is 0.245. The fourth-order valence-electron chi connectivity index (χ4n) is 3.59. The van der Waals surface area contributed by atoms with E-state index in [1.807, 2.05) is 36.4 Å². The Hall–Kier alpha value is -2.48. The van der Waals surface area contributed by atoms with Crippen LogP contribution in [-0.4, -0.2) is 56.9 Å².